The zero-order valence-corrected chi connectivity index (χ0v) is 16.9. The van der Waals surface area contributed by atoms with Gasteiger partial charge in [-0.1, -0.05) is 49.4 Å². The maximum atomic E-state index is 13.3. The number of rotatable bonds is 6. The summed E-state index contributed by atoms with van der Waals surface area (Å²) >= 11 is 1.46. The van der Waals surface area contributed by atoms with Gasteiger partial charge in [-0.25, -0.2) is 13.1 Å². The van der Waals surface area contributed by atoms with Crippen LogP contribution in [0.3, 0.4) is 0 Å². The van der Waals surface area contributed by atoms with Gasteiger partial charge in [-0.15, -0.1) is 11.3 Å². The fourth-order valence-electron chi connectivity index (χ4n) is 2.98. The second-order valence-electron chi connectivity index (χ2n) is 6.22. The second kappa shape index (κ2) is 7.61. The summed E-state index contributed by atoms with van der Waals surface area (Å²) < 4.78 is 30.9. The zero-order valence-electron chi connectivity index (χ0n) is 15.2. The van der Waals surface area contributed by atoms with Crippen molar-refractivity contribution in [2.24, 2.45) is 0 Å². The van der Waals surface area contributed by atoms with Crippen molar-refractivity contribution in [3.8, 4) is 16.3 Å². The van der Waals surface area contributed by atoms with Gasteiger partial charge in [0.05, 0.1) is 22.4 Å². The molecule has 0 atom stereocenters. The van der Waals surface area contributed by atoms with E-state index >= 15 is 0 Å². The van der Waals surface area contributed by atoms with Crippen LogP contribution in [0.5, 0.6) is 0 Å². The molecule has 0 saturated carbocycles. The largest absolute Gasteiger partial charge is 0.279 e. The Balaban J connectivity index is 1.82. The smallest absolute Gasteiger partial charge is 0.265 e. The molecule has 2 aromatic carbocycles. The quantitative estimate of drug-likeness (QED) is 0.489. The van der Waals surface area contributed by atoms with Crippen LogP contribution >= 0.6 is 11.3 Å². The summed E-state index contributed by atoms with van der Waals surface area (Å²) in [6.07, 6.45) is 2.31. The number of benzene rings is 2. The normalized spacial score (nSPS) is 11.5. The molecule has 7 heteroatoms. The van der Waals surface area contributed by atoms with E-state index in [0.717, 1.165) is 22.5 Å². The Kier molecular flexibility index (Phi) is 5.02. The van der Waals surface area contributed by atoms with Crippen LogP contribution in [0.15, 0.2) is 83.2 Å². The number of thiophene rings is 1. The molecule has 0 radical (unpaired) electrons. The monoisotopic (exact) mass is 409 g/mol. The summed E-state index contributed by atoms with van der Waals surface area (Å²) in [5, 5.41) is 6.49. The molecule has 0 unspecified atom stereocenters. The van der Waals surface area contributed by atoms with Gasteiger partial charge in [0.2, 0.25) is 0 Å². The molecule has 0 spiro atoms. The Morgan fingerprint density at radius 3 is 2.46 bits per heavy atom. The highest BCUT2D eigenvalue weighted by Gasteiger charge is 2.25. The van der Waals surface area contributed by atoms with Gasteiger partial charge in [0, 0.05) is 0 Å². The van der Waals surface area contributed by atoms with Crippen molar-refractivity contribution in [3.63, 3.8) is 0 Å². The number of anilines is 1. The van der Waals surface area contributed by atoms with Crippen LogP contribution < -0.4 is 4.72 Å². The van der Waals surface area contributed by atoms with Crippen molar-refractivity contribution in [3.05, 3.63) is 83.9 Å². The van der Waals surface area contributed by atoms with E-state index in [4.69, 9.17) is 0 Å². The van der Waals surface area contributed by atoms with Crippen molar-refractivity contribution in [1.82, 2.24) is 9.78 Å². The van der Waals surface area contributed by atoms with Crippen LogP contribution in [0.1, 0.15) is 12.5 Å². The molecule has 0 saturated heterocycles. The molecule has 0 aliphatic heterocycles. The molecule has 1 N–H and O–H groups in total. The topological polar surface area (TPSA) is 64.0 Å². The minimum Gasteiger partial charge on any atom is -0.279 e. The van der Waals surface area contributed by atoms with E-state index in [1.165, 1.54) is 11.3 Å². The SMILES string of the molecule is CCc1ccccc1NS(=O)(=O)c1cn(-c2ccccc2)nc1-c1cccs1. The molecule has 0 amide bonds. The Labute approximate surface area is 168 Å². The molecule has 2 heterocycles. The first kappa shape index (κ1) is 18.5. The summed E-state index contributed by atoms with van der Waals surface area (Å²) in [4.78, 5) is 0.962. The van der Waals surface area contributed by atoms with E-state index in [1.807, 2.05) is 73.0 Å². The average Bonchev–Trinajstić information content (AvgIpc) is 3.39. The number of aromatic nitrogens is 2. The van der Waals surface area contributed by atoms with Gasteiger partial charge in [-0.3, -0.25) is 4.72 Å². The minimum absolute atomic E-state index is 0.157. The third kappa shape index (κ3) is 3.58. The van der Waals surface area contributed by atoms with E-state index in [9.17, 15) is 8.42 Å². The first-order valence-electron chi connectivity index (χ1n) is 8.88. The predicted octanol–water partition coefficient (Wildman–Crippen LogP) is 4.96. The molecule has 5 nitrogen and oxygen atoms in total. The molecule has 0 bridgehead atoms. The van der Waals surface area contributed by atoms with Gasteiger partial charge in [0.1, 0.15) is 10.6 Å². The molecule has 0 aliphatic carbocycles. The maximum absolute atomic E-state index is 13.3. The number of sulfonamides is 1. The molecular weight excluding hydrogens is 390 g/mol. The van der Waals surface area contributed by atoms with E-state index in [2.05, 4.69) is 9.82 Å². The highest BCUT2D eigenvalue weighted by Crippen LogP contribution is 2.32. The van der Waals surface area contributed by atoms with Crippen LogP contribution in [-0.2, 0) is 16.4 Å². The molecular formula is C21H19N3O2S2. The number of para-hydroxylation sites is 2. The van der Waals surface area contributed by atoms with Gasteiger partial charge >= 0.3 is 0 Å². The number of nitrogens with zero attached hydrogens (tertiary/aromatic N) is 2. The Morgan fingerprint density at radius 2 is 1.75 bits per heavy atom. The third-order valence-electron chi connectivity index (χ3n) is 4.39. The van der Waals surface area contributed by atoms with Gasteiger partial charge in [-0.05, 0) is 41.6 Å². The number of aryl methyl sites for hydroxylation is 1. The summed E-state index contributed by atoms with van der Waals surface area (Å²) in [6.45, 7) is 2.00. The first-order chi connectivity index (χ1) is 13.6. The second-order valence-corrected chi connectivity index (χ2v) is 8.81. The van der Waals surface area contributed by atoms with Gasteiger partial charge in [-0.2, -0.15) is 5.10 Å². The highest BCUT2D eigenvalue weighted by atomic mass is 32.2. The van der Waals surface area contributed by atoms with Crippen molar-refractivity contribution < 1.29 is 8.42 Å². The van der Waals surface area contributed by atoms with Crippen molar-refractivity contribution >= 4 is 27.0 Å². The lowest BCUT2D eigenvalue weighted by molar-refractivity contribution is 0.601. The summed E-state index contributed by atoms with van der Waals surface area (Å²) in [7, 11) is -3.82. The summed E-state index contributed by atoms with van der Waals surface area (Å²) in [5.41, 5.74) is 2.78. The van der Waals surface area contributed by atoms with Crippen LogP contribution in [0.2, 0.25) is 0 Å². The Hall–Kier alpha value is -2.90. The number of nitrogens with one attached hydrogen (secondary N) is 1. The Morgan fingerprint density at radius 1 is 1.00 bits per heavy atom. The van der Waals surface area contributed by atoms with Gasteiger partial charge in [0.25, 0.3) is 10.0 Å². The standard InChI is InChI=1S/C21H19N3O2S2/c1-2-16-9-6-7-12-18(16)23-28(25,26)20-15-24(17-10-4-3-5-11-17)22-21(20)19-13-8-14-27-19/h3-15,23H,2H2,1H3. The van der Waals surface area contributed by atoms with Crippen molar-refractivity contribution in [2.45, 2.75) is 18.2 Å². The molecule has 4 rings (SSSR count). The molecule has 0 aliphatic rings. The molecule has 4 aromatic rings. The van der Waals surface area contributed by atoms with Crippen LogP contribution in [0.25, 0.3) is 16.3 Å². The van der Waals surface area contributed by atoms with Gasteiger partial charge < -0.3 is 0 Å². The minimum atomic E-state index is -3.82. The fourth-order valence-corrected chi connectivity index (χ4v) is 5.01. The molecule has 28 heavy (non-hydrogen) atoms. The lowest BCUT2D eigenvalue weighted by Gasteiger charge is -2.11. The molecule has 142 valence electrons. The fraction of sp³-hybridized carbons (Fsp3) is 0.0952. The summed E-state index contributed by atoms with van der Waals surface area (Å²) in [6, 6.07) is 20.7. The summed E-state index contributed by atoms with van der Waals surface area (Å²) in [5.74, 6) is 0. The van der Waals surface area contributed by atoms with E-state index in [-0.39, 0.29) is 4.90 Å². The number of hydrogen-bond acceptors (Lipinski definition) is 4. The predicted molar refractivity (Wildman–Crippen MR) is 114 cm³/mol. The van der Waals surface area contributed by atoms with Crippen LogP contribution in [0, 0.1) is 0 Å². The van der Waals surface area contributed by atoms with Crippen LogP contribution in [-0.4, -0.2) is 18.2 Å². The van der Waals surface area contributed by atoms with Crippen LogP contribution in [0.4, 0.5) is 5.69 Å². The van der Waals surface area contributed by atoms with E-state index in [1.54, 1.807) is 16.9 Å². The lowest BCUT2D eigenvalue weighted by Crippen LogP contribution is -2.14. The first-order valence-corrected chi connectivity index (χ1v) is 11.2. The van der Waals surface area contributed by atoms with E-state index < -0.39 is 10.0 Å². The zero-order chi connectivity index (χ0) is 19.6. The third-order valence-corrected chi connectivity index (χ3v) is 6.63. The number of hydrogen-bond donors (Lipinski definition) is 1. The van der Waals surface area contributed by atoms with Crippen molar-refractivity contribution in [1.29, 1.82) is 0 Å². The van der Waals surface area contributed by atoms with Gasteiger partial charge in [0.15, 0.2) is 0 Å². The highest BCUT2D eigenvalue weighted by molar-refractivity contribution is 7.92. The average molecular weight is 410 g/mol. The molecule has 2 aromatic heterocycles. The maximum Gasteiger partial charge on any atom is 0.265 e. The molecule has 0 fully saturated rings. The van der Waals surface area contributed by atoms with E-state index in [0.29, 0.717) is 11.4 Å². The van der Waals surface area contributed by atoms with Crippen molar-refractivity contribution in [2.75, 3.05) is 4.72 Å². The Bertz CT molecular complexity index is 1180. The lowest BCUT2D eigenvalue weighted by atomic mass is 10.1.